The summed E-state index contributed by atoms with van der Waals surface area (Å²) in [6.07, 6.45) is -3.86. The Bertz CT molecular complexity index is 1000. The van der Waals surface area contributed by atoms with Crippen molar-refractivity contribution >= 4 is 40.5 Å². The van der Waals surface area contributed by atoms with E-state index in [1.807, 2.05) is 0 Å². The molecule has 0 aliphatic carbocycles. The zero-order valence-electron chi connectivity index (χ0n) is 16.3. The molecule has 0 saturated carbocycles. The van der Waals surface area contributed by atoms with Crippen LogP contribution in [0.2, 0.25) is 10.0 Å². The number of rotatable bonds is 4. The Kier molecular flexibility index (Phi) is 6.09. The topological polar surface area (TPSA) is 50.4 Å². The quantitative estimate of drug-likeness (QED) is 0.570. The van der Waals surface area contributed by atoms with Gasteiger partial charge in [0.05, 0.1) is 5.70 Å². The van der Waals surface area contributed by atoms with Gasteiger partial charge in [-0.2, -0.15) is 13.2 Å². The van der Waals surface area contributed by atoms with E-state index >= 15 is 0 Å². The number of nitrogens with one attached hydrogen (secondary N) is 2. The predicted octanol–water partition coefficient (Wildman–Crippen LogP) is 6.23. The molecule has 2 aromatic rings. The van der Waals surface area contributed by atoms with Crippen LogP contribution in [0, 0.1) is 12.8 Å². The molecule has 1 heterocycles. The van der Waals surface area contributed by atoms with E-state index < -0.39 is 11.8 Å². The number of benzene rings is 2. The molecule has 3 rings (SSSR count). The fraction of sp³-hybridized carbons (Fsp3) is 0.286. The van der Waals surface area contributed by atoms with Crippen molar-refractivity contribution in [2.75, 3.05) is 5.32 Å². The first-order valence-corrected chi connectivity index (χ1v) is 9.80. The molecule has 160 valence electrons. The van der Waals surface area contributed by atoms with E-state index in [4.69, 9.17) is 28.0 Å². The fourth-order valence-corrected chi connectivity index (χ4v) is 3.48. The van der Waals surface area contributed by atoms with Crippen LogP contribution >= 0.6 is 23.2 Å². The molecule has 4 nitrogen and oxygen atoms in total. The molecule has 0 aromatic heterocycles. The monoisotopic (exact) mass is 458 g/mol. The van der Waals surface area contributed by atoms with Crippen LogP contribution < -0.4 is 10.8 Å². The van der Waals surface area contributed by atoms with Crippen molar-refractivity contribution in [2.24, 2.45) is 5.92 Å². The number of amides is 1. The Morgan fingerprint density at radius 3 is 2.33 bits per heavy atom. The summed E-state index contributed by atoms with van der Waals surface area (Å²) in [5.41, 5.74) is 1.14. The molecule has 0 radical (unpaired) electrons. The van der Waals surface area contributed by atoms with Gasteiger partial charge in [-0.25, -0.2) is 0 Å². The maximum atomic E-state index is 14.1. The number of carbonyl (C=O) groups excluding carboxylic acids is 1. The lowest BCUT2D eigenvalue weighted by Gasteiger charge is -2.28. The Labute approximate surface area is 182 Å². The van der Waals surface area contributed by atoms with Crippen molar-refractivity contribution < 1.29 is 22.8 Å². The second kappa shape index (κ2) is 8.13. The molecule has 1 unspecified atom stereocenters. The molecule has 0 saturated heterocycles. The SMILES string of the molecule is Cc1ccc(C2=CC(c3cc(Cl)cc(Cl)c3)(C(F)(F)F)ON2)cc1NC(=O)C(C)C. The van der Waals surface area contributed by atoms with Crippen LogP contribution in [0.4, 0.5) is 18.9 Å². The van der Waals surface area contributed by atoms with Gasteiger partial charge in [0.25, 0.3) is 0 Å². The zero-order chi connectivity index (χ0) is 22.3. The predicted molar refractivity (Wildman–Crippen MR) is 111 cm³/mol. The number of hydroxylamine groups is 1. The number of hydrogen-bond donors (Lipinski definition) is 2. The number of halogens is 5. The minimum atomic E-state index is -4.80. The maximum absolute atomic E-state index is 14.1. The Hall–Kier alpha value is -2.22. The van der Waals surface area contributed by atoms with Crippen molar-refractivity contribution in [3.63, 3.8) is 0 Å². The van der Waals surface area contributed by atoms with Crippen molar-refractivity contribution in [3.8, 4) is 0 Å². The van der Waals surface area contributed by atoms with Crippen molar-refractivity contribution in [1.29, 1.82) is 0 Å². The summed E-state index contributed by atoms with van der Waals surface area (Å²) in [6, 6.07) is 8.59. The number of anilines is 1. The number of alkyl halides is 3. The van der Waals surface area contributed by atoms with Crippen LogP contribution in [0.25, 0.3) is 5.70 Å². The van der Waals surface area contributed by atoms with E-state index in [-0.39, 0.29) is 33.1 Å². The van der Waals surface area contributed by atoms with Gasteiger partial charge in [-0.15, -0.1) is 0 Å². The van der Waals surface area contributed by atoms with Gasteiger partial charge in [-0.3, -0.25) is 15.1 Å². The Balaban J connectivity index is 2.07. The highest BCUT2D eigenvalue weighted by Gasteiger charge is 2.59. The summed E-state index contributed by atoms with van der Waals surface area (Å²) in [6.45, 7) is 5.29. The highest BCUT2D eigenvalue weighted by atomic mass is 35.5. The summed E-state index contributed by atoms with van der Waals surface area (Å²) in [7, 11) is 0. The number of aryl methyl sites for hydroxylation is 1. The van der Waals surface area contributed by atoms with E-state index in [1.165, 1.54) is 6.07 Å². The maximum Gasteiger partial charge on any atom is 0.428 e. The molecule has 2 N–H and O–H groups in total. The molecule has 0 bridgehead atoms. The highest BCUT2D eigenvalue weighted by molar-refractivity contribution is 6.34. The van der Waals surface area contributed by atoms with E-state index in [9.17, 15) is 18.0 Å². The summed E-state index contributed by atoms with van der Waals surface area (Å²) in [5, 5.41) is 2.89. The fourth-order valence-electron chi connectivity index (χ4n) is 2.96. The minimum absolute atomic E-state index is 0.0561. The summed E-state index contributed by atoms with van der Waals surface area (Å²) in [5.74, 6) is -0.441. The van der Waals surface area contributed by atoms with Crippen LogP contribution in [0.15, 0.2) is 42.5 Å². The van der Waals surface area contributed by atoms with Gasteiger partial charge in [-0.1, -0.05) is 49.2 Å². The van der Waals surface area contributed by atoms with E-state index in [1.54, 1.807) is 39.0 Å². The molecule has 0 fully saturated rings. The molecule has 9 heteroatoms. The zero-order valence-corrected chi connectivity index (χ0v) is 17.8. The summed E-state index contributed by atoms with van der Waals surface area (Å²) in [4.78, 5) is 17.1. The van der Waals surface area contributed by atoms with E-state index in [0.29, 0.717) is 11.3 Å². The standard InChI is InChI=1S/C21H19Cl2F3N2O2/c1-11(2)19(29)27-17-6-13(5-4-12(17)3)18-10-20(30-28-18,21(24,25)26)14-7-15(22)9-16(23)8-14/h4-11,28H,1-3H3,(H,27,29). The normalized spacial score (nSPS) is 18.9. The molecule has 1 aliphatic heterocycles. The van der Waals surface area contributed by atoms with Gasteiger partial charge in [0.15, 0.2) is 0 Å². The summed E-state index contributed by atoms with van der Waals surface area (Å²) < 4.78 is 42.3. The lowest BCUT2D eigenvalue weighted by atomic mass is 9.91. The smallest absolute Gasteiger partial charge is 0.326 e. The number of carbonyl (C=O) groups is 1. The molecule has 1 amide bonds. The van der Waals surface area contributed by atoms with Crippen LogP contribution in [-0.4, -0.2) is 12.1 Å². The third-order valence-electron chi connectivity index (χ3n) is 4.71. The molecular formula is C21H19Cl2F3N2O2. The van der Waals surface area contributed by atoms with E-state index in [0.717, 1.165) is 23.8 Å². The molecule has 0 spiro atoms. The van der Waals surface area contributed by atoms with Crippen molar-refractivity contribution in [3.05, 3.63) is 69.2 Å². The third-order valence-corrected chi connectivity index (χ3v) is 5.15. The van der Waals surface area contributed by atoms with Gasteiger partial charge >= 0.3 is 6.18 Å². The van der Waals surface area contributed by atoms with Gasteiger partial charge in [0.1, 0.15) is 0 Å². The van der Waals surface area contributed by atoms with Gasteiger partial charge in [-0.05, 0) is 42.8 Å². The largest absolute Gasteiger partial charge is 0.428 e. The minimum Gasteiger partial charge on any atom is -0.326 e. The Morgan fingerprint density at radius 2 is 1.77 bits per heavy atom. The summed E-state index contributed by atoms with van der Waals surface area (Å²) >= 11 is 11.8. The second-order valence-electron chi connectivity index (χ2n) is 7.33. The first kappa shape index (κ1) is 22.5. The molecule has 2 aromatic carbocycles. The highest BCUT2D eigenvalue weighted by Crippen LogP contribution is 2.48. The molecular weight excluding hydrogens is 440 g/mol. The van der Waals surface area contributed by atoms with E-state index in [2.05, 4.69) is 10.8 Å². The third kappa shape index (κ3) is 4.29. The van der Waals surface area contributed by atoms with Gasteiger partial charge < -0.3 is 5.32 Å². The van der Waals surface area contributed by atoms with Crippen LogP contribution in [-0.2, 0) is 15.2 Å². The van der Waals surface area contributed by atoms with Crippen LogP contribution in [0.1, 0.15) is 30.5 Å². The first-order chi connectivity index (χ1) is 13.9. The Morgan fingerprint density at radius 1 is 1.13 bits per heavy atom. The van der Waals surface area contributed by atoms with Gasteiger partial charge in [0, 0.05) is 32.8 Å². The second-order valence-corrected chi connectivity index (χ2v) is 8.20. The average Bonchev–Trinajstić information content (AvgIpc) is 3.09. The molecule has 1 aliphatic rings. The molecule has 1 atom stereocenters. The van der Waals surface area contributed by atoms with Crippen LogP contribution in [0.3, 0.4) is 0 Å². The van der Waals surface area contributed by atoms with Crippen molar-refractivity contribution in [1.82, 2.24) is 5.48 Å². The lowest BCUT2D eigenvalue weighted by Crippen LogP contribution is -2.42. The van der Waals surface area contributed by atoms with Crippen molar-refractivity contribution in [2.45, 2.75) is 32.5 Å². The molecule has 30 heavy (non-hydrogen) atoms. The van der Waals surface area contributed by atoms with Gasteiger partial charge in [0.2, 0.25) is 11.5 Å². The van der Waals surface area contributed by atoms with Crippen LogP contribution in [0.5, 0.6) is 0 Å². The number of hydrogen-bond acceptors (Lipinski definition) is 3. The first-order valence-electron chi connectivity index (χ1n) is 9.05. The average molecular weight is 459 g/mol. The lowest BCUT2D eigenvalue weighted by molar-refractivity contribution is -0.269.